The van der Waals surface area contributed by atoms with E-state index in [1.807, 2.05) is 73.7 Å². The summed E-state index contributed by atoms with van der Waals surface area (Å²) in [6, 6.07) is 28.5. The summed E-state index contributed by atoms with van der Waals surface area (Å²) in [6.45, 7) is 6.37. The number of allylic oxidation sites excluding steroid dienone is 5. The van der Waals surface area contributed by atoms with Gasteiger partial charge in [0.1, 0.15) is 11.8 Å². The third-order valence-electron chi connectivity index (χ3n) is 5.77. The predicted octanol–water partition coefficient (Wildman–Crippen LogP) is 7.22. The van der Waals surface area contributed by atoms with Crippen molar-refractivity contribution in [2.75, 3.05) is 6.54 Å². The largest absolute Gasteiger partial charge is 0.287 e. The van der Waals surface area contributed by atoms with Crippen molar-refractivity contribution in [3.63, 3.8) is 0 Å². The zero-order chi connectivity index (χ0) is 25.2. The Morgan fingerprint density at radius 3 is 2.06 bits per heavy atom. The monoisotopic (exact) mass is 466 g/mol. The van der Waals surface area contributed by atoms with Crippen molar-refractivity contribution >= 4 is 23.7 Å². The normalized spacial score (nSPS) is 14.0. The molecule has 0 fully saturated rings. The fourth-order valence-corrected chi connectivity index (χ4v) is 3.71. The second-order valence-electron chi connectivity index (χ2n) is 8.11. The van der Waals surface area contributed by atoms with Crippen LogP contribution < -0.4 is 0 Å². The number of hydrogen-bond donors (Lipinski definition) is 0. The highest BCUT2D eigenvalue weighted by atomic mass is 14.9. The lowest BCUT2D eigenvalue weighted by molar-refractivity contribution is 0.937. The first kappa shape index (κ1) is 24.3. The molecule has 0 bridgehead atoms. The number of aliphatic imine (C=N–C) groups is 3. The average Bonchev–Trinajstić information content (AvgIpc) is 2.90. The van der Waals surface area contributed by atoms with Gasteiger partial charge in [0.2, 0.25) is 0 Å². The Labute approximate surface area is 212 Å². The number of nitriles is 1. The summed E-state index contributed by atoms with van der Waals surface area (Å²) >= 11 is 0. The highest BCUT2D eigenvalue weighted by Crippen LogP contribution is 2.21. The molecule has 0 N–H and O–H groups in total. The molecule has 4 rings (SSSR count). The van der Waals surface area contributed by atoms with Crippen LogP contribution in [-0.2, 0) is 0 Å². The van der Waals surface area contributed by atoms with Crippen LogP contribution in [0.25, 0.3) is 16.7 Å². The summed E-state index contributed by atoms with van der Waals surface area (Å²) < 4.78 is 0. The number of hydrogen-bond acceptors (Lipinski definition) is 4. The highest BCUT2D eigenvalue weighted by Gasteiger charge is 2.17. The molecule has 0 saturated carbocycles. The maximum atomic E-state index is 9.84. The third-order valence-corrected chi connectivity index (χ3v) is 5.77. The van der Waals surface area contributed by atoms with Gasteiger partial charge in [-0.3, -0.25) is 9.98 Å². The minimum absolute atomic E-state index is 0.249. The summed E-state index contributed by atoms with van der Waals surface area (Å²) in [4.78, 5) is 13.5. The summed E-state index contributed by atoms with van der Waals surface area (Å²) in [6.07, 6.45) is 8.09. The van der Waals surface area contributed by atoms with E-state index < -0.39 is 0 Å². The van der Waals surface area contributed by atoms with Crippen LogP contribution in [0.2, 0.25) is 0 Å². The van der Waals surface area contributed by atoms with E-state index in [0.717, 1.165) is 46.5 Å². The number of rotatable bonds is 8. The van der Waals surface area contributed by atoms with E-state index in [-0.39, 0.29) is 5.70 Å². The smallest absolute Gasteiger partial charge is 0.168 e. The van der Waals surface area contributed by atoms with Crippen molar-refractivity contribution in [2.45, 2.75) is 13.3 Å². The first-order chi connectivity index (χ1) is 17.7. The molecule has 0 spiro atoms. The fourth-order valence-electron chi connectivity index (χ4n) is 3.71. The molecule has 3 aromatic carbocycles. The summed E-state index contributed by atoms with van der Waals surface area (Å²) in [5, 5.41) is 9.84. The van der Waals surface area contributed by atoms with Gasteiger partial charge >= 0.3 is 0 Å². The van der Waals surface area contributed by atoms with Crippen LogP contribution >= 0.6 is 0 Å². The zero-order valence-corrected chi connectivity index (χ0v) is 20.2. The van der Waals surface area contributed by atoms with Crippen LogP contribution in [0.3, 0.4) is 0 Å². The average molecular weight is 467 g/mol. The molecule has 0 saturated heterocycles. The second-order valence-corrected chi connectivity index (χ2v) is 8.11. The molecule has 1 aliphatic heterocycles. The van der Waals surface area contributed by atoms with E-state index >= 15 is 0 Å². The molecule has 36 heavy (non-hydrogen) atoms. The molecule has 1 aliphatic rings. The minimum Gasteiger partial charge on any atom is -0.287 e. The molecule has 3 aromatic rings. The first-order valence-electron chi connectivity index (χ1n) is 11.8. The van der Waals surface area contributed by atoms with Crippen LogP contribution in [0.5, 0.6) is 0 Å². The molecular weight excluding hydrogens is 440 g/mol. The summed E-state index contributed by atoms with van der Waals surface area (Å²) in [7, 11) is 0. The Hall–Kier alpha value is -4.84. The third kappa shape index (κ3) is 5.98. The van der Waals surface area contributed by atoms with Crippen LogP contribution in [0.15, 0.2) is 130 Å². The molecular formula is C32H26N4. The fraction of sp³-hybridized carbons (Fsp3) is 0.0938. The lowest BCUT2D eigenvalue weighted by atomic mass is 10.0. The van der Waals surface area contributed by atoms with Crippen molar-refractivity contribution in [3.05, 3.63) is 131 Å². The molecule has 0 aromatic heterocycles. The standard InChI is InChI=1S/C32H26N4/c1-3-8-26(4-2)28-15-11-24(12-16-28)22-35-31(21-33)32(30-19-20-34-30)36-23-25-13-17-29(18-14-25)27-9-6-5-7-10-27/h4-18,22-23H,1,19-20H2,2H3/b26-4+,32-31+,35-22?,36-23?. The lowest BCUT2D eigenvalue weighted by Crippen LogP contribution is -2.15. The predicted molar refractivity (Wildman–Crippen MR) is 150 cm³/mol. The Morgan fingerprint density at radius 1 is 0.889 bits per heavy atom. The Balaban J connectivity index is 1.57. The molecule has 4 heteroatoms. The van der Waals surface area contributed by atoms with Gasteiger partial charge in [-0.1, -0.05) is 91.5 Å². The van der Waals surface area contributed by atoms with Gasteiger partial charge in [0.15, 0.2) is 5.70 Å². The first-order valence-corrected chi connectivity index (χ1v) is 11.8. The molecule has 0 radical (unpaired) electrons. The summed E-state index contributed by atoms with van der Waals surface area (Å²) in [5.41, 5.74) is 10.6. The maximum Gasteiger partial charge on any atom is 0.168 e. The van der Waals surface area contributed by atoms with Gasteiger partial charge in [-0.05, 0) is 46.4 Å². The number of nitrogens with zero attached hydrogens (tertiary/aromatic N) is 4. The zero-order valence-electron chi connectivity index (χ0n) is 20.2. The quantitative estimate of drug-likeness (QED) is 0.150. The van der Waals surface area contributed by atoms with Gasteiger partial charge in [0, 0.05) is 25.4 Å². The van der Waals surface area contributed by atoms with Crippen molar-refractivity contribution < 1.29 is 0 Å². The molecule has 0 unspecified atom stereocenters. The van der Waals surface area contributed by atoms with Gasteiger partial charge in [-0.2, -0.15) is 5.26 Å². The van der Waals surface area contributed by atoms with E-state index in [9.17, 15) is 5.26 Å². The molecule has 0 aliphatic carbocycles. The molecule has 0 amide bonds. The van der Waals surface area contributed by atoms with Crippen LogP contribution in [0.1, 0.15) is 30.0 Å². The number of benzene rings is 3. The Kier molecular flexibility index (Phi) is 8.12. The van der Waals surface area contributed by atoms with E-state index in [2.05, 4.69) is 57.6 Å². The van der Waals surface area contributed by atoms with Gasteiger partial charge in [-0.15, -0.1) is 5.73 Å². The van der Waals surface area contributed by atoms with E-state index in [4.69, 9.17) is 0 Å². The van der Waals surface area contributed by atoms with Gasteiger partial charge < -0.3 is 0 Å². The van der Waals surface area contributed by atoms with Gasteiger partial charge in [0.25, 0.3) is 0 Å². The Morgan fingerprint density at radius 2 is 1.50 bits per heavy atom. The molecule has 0 atom stereocenters. The maximum absolute atomic E-state index is 9.84. The van der Waals surface area contributed by atoms with Gasteiger partial charge in [0.05, 0.1) is 5.71 Å². The van der Waals surface area contributed by atoms with Gasteiger partial charge in [-0.25, -0.2) is 4.99 Å². The van der Waals surface area contributed by atoms with Crippen LogP contribution in [-0.4, -0.2) is 24.7 Å². The van der Waals surface area contributed by atoms with Crippen LogP contribution in [0.4, 0.5) is 0 Å². The van der Waals surface area contributed by atoms with Crippen molar-refractivity contribution in [3.8, 4) is 17.2 Å². The second kappa shape index (κ2) is 12.0. The highest BCUT2D eigenvalue weighted by molar-refractivity contribution is 6.05. The van der Waals surface area contributed by atoms with Crippen molar-refractivity contribution in [1.29, 1.82) is 5.26 Å². The minimum atomic E-state index is 0.249. The Bertz CT molecular complexity index is 1450. The lowest BCUT2D eigenvalue weighted by Gasteiger charge is -2.14. The topological polar surface area (TPSA) is 60.9 Å². The van der Waals surface area contributed by atoms with Crippen LogP contribution in [0, 0.1) is 11.3 Å². The van der Waals surface area contributed by atoms with E-state index in [0.29, 0.717) is 5.70 Å². The van der Waals surface area contributed by atoms with E-state index in [1.54, 1.807) is 12.4 Å². The van der Waals surface area contributed by atoms with Crippen molar-refractivity contribution in [2.24, 2.45) is 15.0 Å². The summed E-state index contributed by atoms with van der Waals surface area (Å²) in [5.74, 6) is 0. The van der Waals surface area contributed by atoms with Crippen molar-refractivity contribution in [1.82, 2.24) is 0 Å². The molecule has 4 nitrogen and oxygen atoms in total. The SMILES string of the molecule is C=C=C/C(=C\C)c1ccc(C=N/C(C#N)=C(/N=Cc2ccc(-c3ccccc3)cc2)C2=NCC2)cc1. The molecule has 1 heterocycles. The van der Waals surface area contributed by atoms with E-state index in [1.165, 1.54) is 5.56 Å². The molecule has 174 valence electrons.